The molecular weight excluding hydrogens is 337 g/mol. The molecule has 1 aliphatic heterocycles. The lowest BCUT2D eigenvalue weighted by Gasteiger charge is -2.19. The van der Waals surface area contributed by atoms with Crippen LogP contribution in [0, 0.1) is 0 Å². The van der Waals surface area contributed by atoms with Crippen molar-refractivity contribution >= 4 is 34.1 Å². The molecule has 124 valence electrons. The summed E-state index contributed by atoms with van der Waals surface area (Å²) in [6.45, 7) is 1.75. The van der Waals surface area contributed by atoms with E-state index in [9.17, 15) is 4.79 Å². The molecule has 0 bridgehead atoms. The Morgan fingerprint density at radius 2 is 2.17 bits per heavy atom. The van der Waals surface area contributed by atoms with Gasteiger partial charge in [0, 0.05) is 12.6 Å². The molecule has 0 spiro atoms. The molecule has 1 aromatic heterocycles. The van der Waals surface area contributed by atoms with Gasteiger partial charge >= 0.3 is 0 Å². The van der Waals surface area contributed by atoms with Crippen molar-refractivity contribution in [3.8, 4) is 5.75 Å². The van der Waals surface area contributed by atoms with Crippen molar-refractivity contribution in [3.63, 3.8) is 0 Å². The van der Waals surface area contributed by atoms with E-state index in [1.807, 2.05) is 0 Å². The molecule has 3 rings (SSSR count). The van der Waals surface area contributed by atoms with Gasteiger partial charge in [-0.25, -0.2) is 4.98 Å². The van der Waals surface area contributed by atoms with E-state index < -0.39 is 0 Å². The molecule has 0 amide bonds. The normalized spacial score (nSPS) is 18.7. The van der Waals surface area contributed by atoms with Gasteiger partial charge in [0.25, 0.3) is 5.56 Å². The molecule has 0 radical (unpaired) electrons. The largest absolute Gasteiger partial charge is 0.493 e. The lowest BCUT2D eigenvalue weighted by molar-refractivity contribution is 0.285. The molecule has 2 aromatic rings. The molecule has 1 unspecified atom stereocenters. The fourth-order valence-corrected chi connectivity index (χ4v) is 3.84. The van der Waals surface area contributed by atoms with Crippen LogP contribution in [0.4, 0.5) is 0 Å². The summed E-state index contributed by atoms with van der Waals surface area (Å²) in [6.07, 6.45) is 4.87. The molecule has 1 saturated heterocycles. The Bertz CT molecular complexity index is 791. The van der Waals surface area contributed by atoms with Gasteiger partial charge in [-0.3, -0.25) is 9.36 Å². The summed E-state index contributed by atoms with van der Waals surface area (Å²) >= 11 is 12.3. The zero-order valence-electron chi connectivity index (χ0n) is 13.2. The van der Waals surface area contributed by atoms with Crippen LogP contribution in [-0.4, -0.2) is 41.2 Å². The van der Waals surface area contributed by atoms with E-state index in [1.165, 1.54) is 26.0 Å². The van der Waals surface area contributed by atoms with E-state index in [-0.39, 0.29) is 5.56 Å². The molecule has 1 aromatic carbocycles. The maximum atomic E-state index is 12.7. The quantitative estimate of drug-likeness (QED) is 0.844. The smallest absolute Gasteiger partial charge is 0.262 e. The van der Waals surface area contributed by atoms with Crippen LogP contribution in [0.25, 0.3) is 10.9 Å². The van der Waals surface area contributed by atoms with Gasteiger partial charge in [0.1, 0.15) is 5.52 Å². The van der Waals surface area contributed by atoms with Crippen LogP contribution in [0.3, 0.4) is 0 Å². The van der Waals surface area contributed by atoms with Crippen molar-refractivity contribution in [2.45, 2.75) is 31.8 Å². The van der Waals surface area contributed by atoms with Gasteiger partial charge in [0.2, 0.25) is 0 Å². The fourth-order valence-electron chi connectivity index (χ4n) is 3.22. The van der Waals surface area contributed by atoms with Crippen LogP contribution >= 0.6 is 23.2 Å². The minimum atomic E-state index is -0.157. The first-order valence-electron chi connectivity index (χ1n) is 7.64. The van der Waals surface area contributed by atoms with Crippen molar-refractivity contribution in [2.24, 2.45) is 0 Å². The summed E-state index contributed by atoms with van der Waals surface area (Å²) in [5, 5.41) is 1.01. The summed E-state index contributed by atoms with van der Waals surface area (Å²) in [7, 11) is 3.63. The second-order valence-electron chi connectivity index (χ2n) is 5.91. The van der Waals surface area contributed by atoms with Crippen molar-refractivity contribution in [2.75, 3.05) is 20.7 Å². The van der Waals surface area contributed by atoms with Crippen molar-refractivity contribution in [3.05, 3.63) is 32.8 Å². The van der Waals surface area contributed by atoms with Gasteiger partial charge in [-0.2, -0.15) is 0 Å². The molecular formula is C16H19Cl2N3O2. The lowest BCUT2D eigenvalue weighted by Crippen LogP contribution is -2.29. The Balaban J connectivity index is 1.97. The molecule has 0 saturated carbocycles. The standard InChI is InChI=1S/C16H19Cl2N3O2/c1-20-6-3-4-10(20)5-7-21-9-19-14-13(16(21)22)11(17)8-12(18)15(14)23-2/h8-10H,3-7H2,1-2H3. The molecule has 0 aliphatic carbocycles. The number of hydrogen-bond donors (Lipinski definition) is 0. The third-order valence-corrected chi connectivity index (χ3v) is 5.12. The van der Waals surface area contributed by atoms with Gasteiger partial charge in [-0.15, -0.1) is 0 Å². The molecule has 0 N–H and O–H groups in total. The number of rotatable bonds is 4. The molecule has 2 heterocycles. The highest BCUT2D eigenvalue weighted by Crippen LogP contribution is 2.35. The minimum Gasteiger partial charge on any atom is -0.493 e. The highest BCUT2D eigenvalue weighted by atomic mass is 35.5. The summed E-state index contributed by atoms with van der Waals surface area (Å²) in [6, 6.07) is 2.05. The lowest BCUT2D eigenvalue weighted by atomic mass is 10.1. The number of benzene rings is 1. The van der Waals surface area contributed by atoms with Gasteiger partial charge < -0.3 is 9.64 Å². The summed E-state index contributed by atoms with van der Waals surface area (Å²) < 4.78 is 6.87. The molecule has 7 heteroatoms. The zero-order chi connectivity index (χ0) is 16.6. The molecule has 1 fully saturated rings. The second-order valence-corrected chi connectivity index (χ2v) is 6.72. The van der Waals surface area contributed by atoms with Crippen molar-refractivity contribution < 1.29 is 4.74 Å². The van der Waals surface area contributed by atoms with Gasteiger partial charge in [-0.05, 0) is 38.9 Å². The van der Waals surface area contributed by atoms with E-state index in [0.717, 1.165) is 13.0 Å². The van der Waals surface area contributed by atoms with Crippen LogP contribution in [0.2, 0.25) is 10.0 Å². The van der Waals surface area contributed by atoms with Gasteiger partial charge in [0.15, 0.2) is 5.75 Å². The number of hydrogen-bond acceptors (Lipinski definition) is 4. The fraction of sp³-hybridized carbons (Fsp3) is 0.500. The van der Waals surface area contributed by atoms with Crippen LogP contribution < -0.4 is 10.3 Å². The monoisotopic (exact) mass is 355 g/mol. The number of halogens is 2. The van der Waals surface area contributed by atoms with Crippen LogP contribution in [0.5, 0.6) is 5.75 Å². The Labute approximate surface area is 144 Å². The van der Waals surface area contributed by atoms with E-state index in [4.69, 9.17) is 27.9 Å². The number of methoxy groups -OCH3 is 1. The van der Waals surface area contributed by atoms with E-state index in [0.29, 0.717) is 39.3 Å². The minimum absolute atomic E-state index is 0.157. The first-order valence-corrected chi connectivity index (χ1v) is 8.40. The third-order valence-electron chi connectivity index (χ3n) is 4.54. The predicted molar refractivity (Wildman–Crippen MR) is 92.8 cm³/mol. The van der Waals surface area contributed by atoms with E-state index >= 15 is 0 Å². The molecule has 5 nitrogen and oxygen atoms in total. The van der Waals surface area contributed by atoms with Crippen molar-refractivity contribution in [1.29, 1.82) is 0 Å². The third kappa shape index (κ3) is 3.05. The van der Waals surface area contributed by atoms with E-state index in [1.54, 1.807) is 10.9 Å². The Morgan fingerprint density at radius 1 is 1.39 bits per heavy atom. The Hall–Kier alpha value is -1.30. The predicted octanol–water partition coefficient (Wildman–Crippen LogP) is 3.20. The van der Waals surface area contributed by atoms with Crippen LogP contribution in [0.15, 0.2) is 17.2 Å². The maximum absolute atomic E-state index is 12.7. The van der Waals surface area contributed by atoms with Gasteiger partial charge in [-0.1, -0.05) is 23.2 Å². The molecule has 1 atom stereocenters. The van der Waals surface area contributed by atoms with Crippen molar-refractivity contribution in [1.82, 2.24) is 14.5 Å². The summed E-state index contributed by atoms with van der Waals surface area (Å²) in [5.41, 5.74) is 0.250. The zero-order valence-corrected chi connectivity index (χ0v) is 14.7. The highest BCUT2D eigenvalue weighted by molar-refractivity contribution is 6.39. The Kier molecular flexibility index (Phi) is 4.80. The number of ether oxygens (including phenoxy) is 1. The maximum Gasteiger partial charge on any atom is 0.262 e. The number of aromatic nitrogens is 2. The first kappa shape index (κ1) is 16.6. The number of likely N-dealkylation sites (tertiary alicyclic amines) is 1. The average Bonchev–Trinajstić information content (AvgIpc) is 2.91. The molecule has 23 heavy (non-hydrogen) atoms. The number of aryl methyl sites for hydroxylation is 1. The first-order chi connectivity index (χ1) is 11.0. The van der Waals surface area contributed by atoms with Gasteiger partial charge in [0.05, 0.1) is 28.9 Å². The Morgan fingerprint density at radius 3 is 2.83 bits per heavy atom. The van der Waals surface area contributed by atoms with Crippen LogP contribution in [0.1, 0.15) is 19.3 Å². The number of nitrogens with zero attached hydrogens (tertiary/aromatic N) is 3. The summed E-state index contributed by atoms with van der Waals surface area (Å²) in [5.74, 6) is 0.380. The van der Waals surface area contributed by atoms with Crippen LogP contribution in [-0.2, 0) is 6.54 Å². The SMILES string of the molecule is COc1c(Cl)cc(Cl)c2c(=O)n(CCC3CCCN3C)cnc12. The number of fused-ring (bicyclic) bond motifs is 1. The highest BCUT2D eigenvalue weighted by Gasteiger charge is 2.21. The topological polar surface area (TPSA) is 47.4 Å². The molecule has 1 aliphatic rings. The second kappa shape index (κ2) is 6.67. The van der Waals surface area contributed by atoms with E-state index in [2.05, 4.69) is 16.9 Å². The average molecular weight is 356 g/mol. The summed E-state index contributed by atoms with van der Waals surface area (Å²) in [4.78, 5) is 19.4.